The summed E-state index contributed by atoms with van der Waals surface area (Å²) in [5.41, 5.74) is 5.97. The van der Waals surface area contributed by atoms with Crippen LogP contribution in [0.3, 0.4) is 0 Å². The number of nitrogens with one attached hydrogen (secondary N) is 2. The predicted molar refractivity (Wildman–Crippen MR) is 120 cm³/mol. The van der Waals surface area contributed by atoms with Crippen LogP contribution in [0.5, 0.6) is 0 Å². The van der Waals surface area contributed by atoms with Crippen molar-refractivity contribution in [2.24, 2.45) is 0 Å². The summed E-state index contributed by atoms with van der Waals surface area (Å²) in [6.07, 6.45) is 1.44. The van der Waals surface area contributed by atoms with E-state index in [1.54, 1.807) is 36.4 Å². The molecule has 3 aromatic carbocycles. The lowest BCUT2D eigenvalue weighted by atomic mass is 10.2. The van der Waals surface area contributed by atoms with E-state index < -0.39 is 0 Å². The summed E-state index contributed by atoms with van der Waals surface area (Å²) in [5.74, 6) is -0.370. The van der Waals surface area contributed by atoms with Crippen LogP contribution in [0.1, 0.15) is 26.5 Å². The molecule has 6 nitrogen and oxygen atoms in total. The highest BCUT2D eigenvalue weighted by molar-refractivity contribution is 6.02. The maximum absolute atomic E-state index is 12.9. The highest BCUT2D eigenvalue weighted by atomic mass is 16.3. The number of para-hydroxylation sites is 1. The molecule has 6 heteroatoms. The number of hydrogen-bond donors (Lipinski definition) is 2. The maximum Gasteiger partial charge on any atom is 0.291 e. The predicted octanol–water partition coefficient (Wildman–Crippen LogP) is 4.88. The molecule has 0 aliphatic carbocycles. The highest BCUT2D eigenvalue weighted by Crippen LogP contribution is 2.16. The fourth-order valence-corrected chi connectivity index (χ4v) is 3.06. The van der Waals surface area contributed by atoms with E-state index >= 15 is 0 Å². The van der Waals surface area contributed by atoms with Gasteiger partial charge in [0.15, 0.2) is 5.76 Å². The number of carbonyl (C=O) groups is 2. The van der Waals surface area contributed by atoms with Gasteiger partial charge in [-0.1, -0.05) is 48.5 Å². The minimum Gasteiger partial charge on any atom is -0.459 e. The zero-order valence-corrected chi connectivity index (χ0v) is 16.7. The molecular weight excluding hydrogens is 390 g/mol. The molecule has 1 aromatic heterocycles. The Hall–Kier alpha value is -4.32. The van der Waals surface area contributed by atoms with Gasteiger partial charge < -0.3 is 9.73 Å². The van der Waals surface area contributed by atoms with Crippen LogP contribution in [-0.4, -0.2) is 11.8 Å². The highest BCUT2D eigenvalue weighted by Gasteiger charge is 2.14. The van der Waals surface area contributed by atoms with Crippen LogP contribution in [-0.2, 0) is 6.54 Å². The number of carbonyl (C=O) groups excluding carboxylic acids is 2. The summed E-state index contributed by atoms with van der Waals surface area (Å²) in [5, 5.41) is 4.54. The average molecular weight is 411 g/mol. The Morgan fingerprint density at radius 1 is 0.742 bits per heavy atom. The van der Waals surface area contributed by atoms with Crippen LogP contribution in [0.4, 0.5) is 11.4 Å². The van der Waals surface area contributed by atoms with Gasteiger partial charge in [0, 0.05) is 11.3 Å². The molecule has 154 valence electrons. The maximum atomic E-state index is 12.9. The van der Waals surface area contributed by atoms with E-state index in [2.05, 4.69) is 10.7 Å². The Labute approximate surface area is 180 Å². The topological polar surface area (TPSA) is 74.6 Å². The lowest BCUT2D eigenvalue weighted by molar-refractivity contribution is 0.0947. The molecule has 0 unspecified atom stereocenters. The van der Waals surface area contributed by atoms with Gasteiger partial charge in [0.1, 0.15) is 0 Å². The summed E-state index contributed by atoms with van der Waals surface area (Å²) < 4.78 is 5.08. The molecule has 0 spiro atoms. The Bertz CT molecular complexity index is 1130. The van der Waals surface area contributed by atoms with Gasteiger partial charge in [0.25, 0.3) is 11.8 Å². The second kappa shape index (κ2) is 9.45. The van der Waals surface area contributed by atoms with Gasteiger partial charge in [-0.2, -0.15) is 0 Å². The first-order chi connectivity index (χ1) is 15.2. The zero-order valence-electron chi connectivity index (χ0n) is 16.7. The van der Waals surface area contributed by atoms with Crippen molar-refractivity contribution in [2.45, 2.75) is 6.54 Å². The Kier molecular flexibility index (Phi) is 6.09. The second-order valence-electron chi connectivity index (χ2n) is 6.86. The number of benzene rings is 3. The molecule has 0 atom stereocenters. The minimum absolute atomic E-state index is 0.223. The molecule has 31 heavy (non-hydrogen) atoms. The lowest BCUT2D eigenvalue weighted by Crippen LogP contribution is -2.42. The van der Waals surface area contributed by atoms with Gasteiger partial charge in [0.05, 0.1) is 18.5 Å². The van der Waals surface area contributed by atoms with Crippen molar-refractivity contribution in [1.82, 2.24) is 5.43 Å². The van der Waals surface area contributed by atoms with Crippen LogP contribution >= 0.6 is 0 Å². The van der Waals surface area contributed by atoms with E-state index in [0.29, 0.717) is 17.8 Å². The van der Waals surface area contributed by atoms with Crippen molar-refractivity contribution >= 4 is 23.2 Å². The summed E-state index contributed by atoms with van der Waals surface area (Å²) in [6, 6.07) is 29.5. The van der Waals surface area contributed by atoms with Crippen molar-refractivity contribution in [3.8, 4) is 0 Å². The molecule has 0 saturated carbocycles. The third-order valence-electron chi connectivity index (χ3n) is 4.64. The molecule has 2 N–H and O–H groups in total. The Morgan fingerprint density at radius 3 is 2.06 bits per heavy atom. The van der Waals surface area contributed by atoms with Gasteiger partial charge >= 0.3 is 0 Å². The molecule has 0 bridgehead atoms. The molecule has 0 saturated heterocycles. The molecule has 4 aromatic rings. The zero-order chi connectivity index (χ0) is 21.5. The van der Waals surface area contributed by atoms with E-state index in [9.17, 15) is 9.59 Å². The standard InChI is InChI=1S/C25H21N3O3/c29-24(20-13-15-21(16-14-20)26-25(30)23-12-7-17-31-23)27-28(22-10-5-2-6-11-22)18-19-8-3-1-4-9-19/h1-17H,18H2,(H,26,30)(H,27,29). The Balaban J connectivity index is 1.46. The molecule has 0 fully saturated rings. The van der Waals surface area contributed by atoms with Crippen molar-refractivity contribution in [2.75, 3.05) is 10.3 Å². The third kappa shape index (κ3) is 5.19. The fourth-order valence-electron chi connectivity index (χ4n) is 3.06. The largest absolute Gasteiger partial charge is 0.459 e. The molecule has 4 rings (SSSR count). The van der Waals surface area contributed by atoms with E-state index in [-0.39, 0.29) is 17.6 Å². The van der Waals surface area contributed by atoms with Crippen molar-refractivity contribution in [3.05, 3.63) is 120 Å². The van der Waals surface area contributed by atoms with Gasteiger partial charge in [-0.25, -0.2) is 0 Å². The van der Waals surface area contributed by atoms with Gasteiger partial charge in [-0.3, -0.25) is 20.0 Å². The molecule has 0 aliphatic heterocycles. The smallest absolute Gasteiger partial charge is 0.291 e. The summed E-state index contributed by atoms with van der Waals surface area (Å²) >= 11 is 0. The van der Waals surface area contributed by atoms with Crippen LogP contribution in [0, 0.1) is 0 Å². The van der Waals surface area contributed by atoms with Crippen molar-refractivity contribution in [1.29, 1.82) is 0 Å². The first-order valence-corrected chi connectivity index (χ1v) is 9.81. The molecular formula is C25H21N3O3. The summed E-state index contributed by atoms with van der Waals surface area (Å²) in [7, 11) is 0. The number of amides is 2. The average Bonchev–Trinajstić information content (AvgIpc) is 3.36. The summed E-state index contributed by atoms with van der Waals surface area (Å²) in [4.78, 5) is 25.0. The summed E-state index contributed by atoms with van der Waals surface area (Å²) in [6.45, 7) is 0.522. The van der Waals surface area contributed by atoms with Crippen molar-refractivity contribution < 1.29 is 14.0 Å². The first-order valence-electron chi connectivity index (χ1n) is 9.81. The quantitative estimate of drug-likeness (QED) is 0.425. The van der Waals surface area contributed by atoms with Gasteiger partial charge in [-0.15, -0.1) is 0 Å². The number of hydrogen-bond acceptors (Lipinski definition) is 4. The van der Waals surface area contributed by atoms with Crippen LogP contribution in [0.25, 0.3) is 0 Å². The van der Waals surface area contributed by atoms with Crippen LogP contribution < -0.4 is 15.8 Å². The van der Waals surface area contributed by atoms with E-state index in [4.69, 9.17) is 4.42 Å². The van der Waals surface area contributed by atoms with Crippen molar-refractivity contribution in [3.63, 3.8) is 0 Å². The van der Waals surface area contributed by atoms with Gasteiger partial charge in [-0.05, 0) is 54.1 Å². The fraction of sp³-hybridized carbons (Fsp3) is 0.0400. The molecule has 1 heterocycles. The first kappa shape index (κ1) is 20.0. The SMILES string of the molecule is O=C(NN(Cc1ccccc1)c1ccccc1)c1ccc(NC(=O)c2ccco2)cc1. The molecule has 2 amide bonds. The van der Waals surface area contributed by atoms with Crippen LogP contribution in [0.2, 0.25) is 0 Å². The number of furan rings is 1. The number of nitrogens with zero attached hydrogens (tertiary/aromatic N) is 1. The molecule has 0 aliphatic rings. The lowest BCUT2D eigenvalue weighted by Gasteiger charge is -2.25. The normalized spacial score (nSPS) is 10.3. The monoisotopic (exact) mass is 411 g/mol. The van der Waals surface area contributed by atoms with E-state index in [1.807, 2.05) is 65.7 Å². The number of hydrazine groups is 1. The van der Waals surface area contributed by atoms with Crippen LogP contribution in [0.15, 0.2) is 108 Å². The Morgan fingerprint density at radius 2 is 1.42 bits per heavy atom. The minimum atomic E-state index is -0.347. The molecule has 0 radical (unpaired) electrons. The third-order valence-corrected chi connectivity index (χ3v) is 4.64. The van der Waals surface area contributed by atoms with E-state index in [1.165, 1.54) is 6.26 Å². The number of anilines is 2. The van der Waals surface area contributed by atoms with E-state index in [0.717, 1.165) is 11.3 Å². The second-order valence-corrected chi connectivity index (χ2v) is 6.86. The van der Waals surface area contributed by atoms with Gasteiger partial charge in [0.2, 0.25) is 0 Å². The number of rotatable bonds is 7.